The predicted octanol–water partition coefficient (Wildman–Crippen LogP) is 5.71. The van der Waals surface area contributed by atoms with E-state index in [1.807, 2.05) is 66.7 Å². The lowest BCUT2D eigenvalue weighted by atomic mass is 10.1. The Morgan fingerprint density at radius 1 is 0.914 bits per heavy atom. The number of amides is 1. The van der Waals surface area contributed by atoms with Crippen LogP contribution in [0.15, 0.2) is 85.2 Å². The average Bonchev–Trinajstić information content (AvgIpc) is 3.27. The van der Waals surface area contributed by atoms with E-state index in [0.717, 1.165) is 34.2 Å². The summed E-state index contributed by atoms with van der Waals surface area (Å²) in [7, 11) is 0. The number of carbonyl (C=O) groups excluding carboxylic acids is 1. The van der Waals surface area contributed by atoms with Gasteiger partial charge in [-0.25, -0.2) is 15.0 Å². The number of ether oxygens (including phenoxy) is 1. The number of fused-ring (bicyclic) bond motifs is 1. The molecule has 2 aromatic heterocycles. The molecule has 0 atom stereocenters. The molecule has 5 rings (SSSR count). The van der Waals surface area contributed by atoms with Crippen molar-refractivity contribution in [3.05, 3.63) is 90.8 Å². The Bertz CT molecular complexity index is 1480. The Labute approximate surface area is 202 Å². The largest absolute Gasteiger partial charge is 0.457 e. The number of carbonyl (C=O) groups is 1. The Balaban J connectivity index is 1.47. The molecule has 35 heavy (non-hydrogen) atoms. The molecule has 8 nitrogen and oxygen atoms in total. The molecule has 0 saturated heterocycles. The van der Waals surface area contributed by atoms with E-state index in [9.17, 15) is 4.79 Å². The molecule has 8 heteroatoms. The third kappa shape index (κ3) is 4.54. The van der Waals surface area contributed by atoms with Crippen molar-refractivity contribution in [2.75, 3.05) is 5.32 Å². The number of nitrogens with two attached hydrogens (primary N) is 1. The van der Waals surface area contributed by atoms with Crippen LogP contribution in [0.4, 0.5) is 11.5 Å². The second kappa shape index (κ2) is 9.26. The summed E-state index contributed by atoms with van der Waals surface area (Å²) < 4.78 is 7.93. The molecule has 0 aliphatic heterocycles. The van der Waals surface area contributed by atoms with Gasteiger partial charge in [0.05, 0.1) is 0 Å². The molecule has 0 fully saturated rings. The van der Waals surface area contributed by atoms with E-state index in [0.29, 0.717) is 16.9 Å². The van der Waals surface area contributed by atoms with Crippen molar-refractivity contribution in [3.63, 3.8) is 0 Å². The van der Waals surface area contributed by atoms with Crippen molar-refractivity contribution in [2.24, 2.45) is 5.73 Å². The van der Waals surface area contributed by atoms with Crippen molar-refractivity contribution < 1.29 is 9.53 Å². The number of nitrogens with one attached hydrogen (secondary N) is 1. The number of hydrogen-bond donors (Lipinski definition) is 2. The summed E-state index contributed by atoms with van der Waals surface area (Å²) in [6.07, 6.45) is 1.53. The molecule has 1 amide bonds. The number of para-hydroxylation sites is 1. The summed E-state index contributed by atoms with van der Waals surface area (Å²) in [5.74, 6) is 2.38. The Morgan fingerprint density at radius 3 is 2.26 bits per heavy atom. The van der Waals surface area contributed by atoms with Crippen molar-refractivity contribution >= 4 is 28.6 Å². The zero-order valence-corrected chi connectivity index (χ0v) is 19.3. The summed E-state index contributed by atoms with van der Waals surface area (Å²) in [6, 6.07) is 24.5. The number of benzene rings is 3. The van der Waals surface area contributed by atoms with Crippen LogP contribution in [-0.2, 0) is 0 Å². The zero-order chi connectivity index (χ0) is 24.4. The predicted molar refractivity (Wildman–Crippen MR) is 136 cm³/mol. The molecule has 0 saturated carbocycles. The Kier molecular flexibility index (Phi) is 5.85. The molecule has 0 bridgehead atoms. The normalized spacial score (nSPS) is 11.1. The molecule has 3 N–H and O–H groups in total. The summed E-state index contributed by atoms with van der Waals surface area (Å²) >= 11 is 0. The van der Waals surface area contributed by atoms with E-state index in [4.69, 9.17) is 15.5 Å². The fourth-order valence-electron chi connectivity index (χ4n) is 3.84. The van der Waals surface area contributed by atoms with Crippen LogP contribution in [0.2, 0.25) is 0 Å². The molecule has 3 aromatic carbocycles. The molecule has 0 unspecified atom stereocenters. The van der Waals surface area contributed by atoms with Crippen LogP contribution >= 0.6 is 0 Å². The molecule has 0 spiro atoms. The maximum absolute atomic E-state index is 11.5. The van der Waals surface area contributed by atoms with Gasteiger partial charge in [-0.1, -0.05) is 30.3 Å². The van der Waals surface area contributed by atoms with Gasteiger partial charge in [-0.2, -0.15) is 0 Å². The lowest BCUT2D eigenvalue weighted by molar-refractivity contribution is 0.100. The van der Waals surface area contributed by atoms with E-state index in [2.05, 4.69) is 33.7 Å². The van der Waals surface area contributed by atoms with Crippen molar-refractivity contribution in [2.45, 2.75) is 19.9 Å². The van der Waals surface area contributed by atoms with Gasteiger partial charge >= 0.3 is 0 Å². The molecule has 0 radical (unpaired) electrons. The van der Waals surface area contributed by atoms with Crippen LogP contribution < -0.4 is 15.8 Å². The molecule has 0 aliphatic carbocycles. The highest BCUT2D eigenvalue weighted by molar-refractivity contribution is 5.93. The van der Waals surface area contributed by atoms with E-state index >= 15 is 0 Å². The third-order valence-corrected chi connectivity index (χ3v) is 5.52. The summed E-state index contributed by atoms with van der Waals surface area (Å²) in [5, 5.41) is 3.35. The number of primary amides is 1. The number of anilines is 2. The summed E-state index contributed by atoms with van der Waals surface area (Å²) in [5.41, 5.74) is 8.91. The van der Waals surface area contributed by atoms with Crippen LogP contribution in [0.3, 0.4) is 0 Å². The minimum atomic E-state index is -0.466. The van der Waals surface area contributed by atoms with E-state index in [1.54, 1.807) is 12.1 Å². The molecule has 5 aromatic rings. The van der Waals surface area contributed by atoms with Crippen molar-refractivity contribution in [3.8, 4) is 22.9 Å². The average molecular weight is 465 g/mol. The van der Waals surface area contributed by atoms with Gasteiger partial charge in [-0.05, 0) is 62.4 Å². The van der Waals surface area contributed by atoms with E-state index in [1.165, 1.54) is 6.33 Å². The first-order valence-electron chi connectivity index (χ1n) is 11.2. The second-order valence-corrected chi connectivity index (χ2v) is 8.30. The molecular weight excluding hydrogens is 440 g/mol. The van der Waals surface area contributed by atoms with Crippen molar-refractivity contribution in [1.82, 2.24) is 19.5 Å². The van der Waals surface area contributed by atoms with Gasteiger partial charge in [-0.3, -0.25) is 4.79 Å². The lowest BCUT2D eigenvalue weighted by Gasteiger charge is -2.12. The van der Waals surface area contributed by atoms with Gasteiger partial charge in [-0.15, -0.1) is 0 Å². The summed E-state index contributed by atoms with van der Waals surface area (Å²) in [6.45, 7) is 4.14. The van der Waals surface area contributed by atoms with Gasteiger partial charge in [0, 0.05) is 22.9 Å². The summed E-state index contributed by atoms with van der Waals surface area (Å²) in [4.78, 5) is 25.3. The van der Waals surface area contributed by atoms with Gasteiger partial charge in [0.2, 0.25) is 5.91 Å². The minimum Gasteiger partial charge on any atom is -0.457 e. The maximum atomic E-state index is 11.5. The van der Waals surface area contributed by atoms with Crippen LogP contribution in [0.5, 0.6) is 11.5 Å². The van der Waals surface area contributed by atoms with Crippen LogP contribution in [-0.4, -0.2) is 25.4 Å². The second-order valence-electron chi connectivity index (χ2n) is 8.30. The first-order chi connectivity index (χ1) is 17.0. The first-order valence-corrected chi connectivity index (χ1v) is 11.2. The van der Waals surface area contributed by atoms with Gasteiger partial charge < -0.3 is 20.4 Å². The highest BCUT2D eigenvalue weighted by Crippen LogP contribution is 2.31. The zero-order valence-electron chi connectivity index (χ0n) is 19.3. The number of hydrogen-bond acceptors (Lipinski definition) is 6. The Morgan fingerprint density at radius 2 is 1.60 bits per heavy atom. The number of rotatable bonds is 7. The van der Waals surface area contributed by atoms with Crippen LogP contribution in [0.1, 0.15) is 30.2 Å². The molecule has 0 aliphatic rings. The molecule has 174 valence electrons. The maximum Gasteiger partial charge on any atom is 0.248 e. The minimum absolute atomic E-state index is 0.1000. The van der Waals surface area contributed by atoms with Gasteiger partial charge in [0.25, 0.3) is 0 Å². The van der Waals surface area contributed by atoms with Crippen LogP contribution in [0, 0.1) is 0 Å². The van der Waals surface area contributed by atoms with Gasteiger partial charge in [0.15, 0.2) is 17.0 Å². The van der Waals surface area contributed by atoms with E-state index < -0.39 is 5.91 Å². The van der Waals surface area contributed by atoms with E-state index in [-0.39, 0.29) is 6.04 Å². The highest BCUT2D eigenvalue weighted by Gasteiger charge is 2.19. The quantitative estimate of drug-likeness (QED) is 0.319. The third-order valence-electron chi connectivity index (χ3n) is 5.52. The van der Waals surface area contributed by atoms with Crippen molar-refractivity contribution in [1.29, 1.82) is 0 Å². The molecule has 2 heterocycles. The monoisotopic (exact) mass is 464 g/mol. The van der Waals surface area contributed by atoms with Crippen LogP contribution in [0.25, 0.3) is 22.6 Å². The SMILES string of the molecule is CC(C)n1c(-c2ccc(C(N)=O)cc2)nc2c(Nc3ccc(Oc4ccccc4)cc3)ncnc21. The smallest absolute Gasteiger partial charge is 0.248 e. The molecular formula is C27H24N6O2. The highest BCUT2D eigenvalue weighted by atomic mass is 16.5. The topological polar surface area (TPSA) is 108 Å². The fourth-order valence-corrected chi connectivity index (χ4v) is 3.84. The number of imidazole rings is 1. The Hall–Kier alpha value is -4.72. The number of nitrogens with zero attached hydrogens (tertiary/aromatic N) is 4. The van der Waals surface area contributed by atoms with Gasteiger partial charge in [0.1, 0.15) is 23.7 Å². The number of aromatic nitrogens is 4. The lowest BCUT2D eigenvalue weighted by Crippen LogP contribution is -2.10. The first kappa shape index (κ1) is 22.1. The standard InChI is InChI=1S/C27H24N6O2/c1-17(2)33-26(19-10-8-18(9-11-19)24(28)34)32-23-25(29-16-30-27(23)33)31-20-12-14-22(15-13-20)35-21-6-4-3-5-7-21/h3-17H,1-2H3,(H2,28,34)(H,29,30,31). The fraction of sp³-hybridized carbons (Fsp3) is 0.111.